The molecule has 2 aromatic carbocycles. The van der Waals surface area contributed by atoms with E-state index in [1.54, 1.807) is 18.3 Å². The Balaban J connectivity index is 1.62. The number of aromatic amines is 1. The molecule has 0 amide bonds. The summed E-state index contributed by atoms with van der Waals surface area (Å²) in [6.07, 6.45) is 3.57. The summed E-state index contributed by atoms with van der Waals surface area (Å²) in [6.45, 7) is 0. The van der Waals surface area contributed by atoms with Crippen molar-refractivity contribution < 1.29 is 4.39 Å². The lowest BCUT2D eigenvalue weighted by molar-refractivity contribution is 0.628. The largest absolute Gasteiger partial charge is 0.361 e. The van der Waals surface area contributed by atoms with Crippen molar-refractivity contribution in [3.63, 3.8) is 0 Å². The Morgan fingerprint density at radius 3 is 2.73 bits per heavy atom. The molecule has 0 radical (unpaired) electrons. The Labute approximate surface area is 132 Å². The van der Waals surface area contributed by atoms with Crippen LogP contribution in [0.25, 0.3) is 10.9 Å². The minimum atomic E-state index is -0.290. The van der Waals surface area contributed by atoms with E-state index in [-0.39, 0.29) is 5.82 Å². The van der Waals surface area contributed by atoms with Crippen LogP contribution in [-0.2, 0) is 0 Å². The van der Waals surface area contributed by atoms with Crippen LogP contribution in [0.2, 0.25) is 0 Å². The summed E-state index contributed by atoms with van der Waals surface area (Å²) in [5.41, 5.74) is 5.44. The number of hydrogen-bond donors (Lipinski definition) is 3. The minimum absolute atomic E-state index is 0.290. The maximum atomic E-state index is 12.8. The highest BCUT2D eigenvalue weighted by atomic mass is 32.1. The molecule has 3 N–H and O–H groups in total. The SMILES string of the molecule is Fc1ccc(NC(=S)N/N=C/c2c[nH]c3ccccc23)cc1. The van der Waals surface area contributed by atoms with Gasteiger partial charge in [0, 0.05) is 28.4 Å². The third-order valence-electron chi connectivity index (χ3n) is 3.09. The van der Waals surface area contributed by atoms with E-state index < -0.39 is 0 Å². The van der Waals surface area contributed by atoms with E-state index in [2.05, 4.69) is 20.8 Å². The topological polar surface area (TPSA) is 52.2 Å². The molecule has 3 rings (SSSR count). The summed E-state index contributed by atoms with van der Waals surface area (Å²) in [6, 6.07) is 13.9. The van der Waals surface area contributed by atoms with Crippen molar-refractivity contribution in [2.24, 2.45) is 5.10 Å². The first kappa shape index (κ1) is 14.2. The van der Waals surface area contributed by atoms with Crippen molar-refractivity contribution in [1.29, 1.82) is 0 Å². The van der Waals surface area contributed by atoms with E-state index in [0.717, 1.165) is 16.5 Å². The van der Waals surface area contributed by atoms with Crippen LogP contribution < -0.4 is 10.7 Å². The van der Waals surface area contributed by atoms with Crippen LogP contribution in [-0.4, -0.2) is 16.3 Å². The number of nitrogens with one attached hydrogen (secondary N) is 3. The summed E-state index contributed by atoms with van der Waals surface area (Å²) in [5.74, 6) is -0.290. The number of fused-ring (bicyclic) bond motifs is 1. The highest BCUT2D eigenvalue weighted by Crippen LogP contribution is 2.15. The number of para-hydroxylation sites is 1. The Morgan fingerprint density at radius 1 is 1.14 bits per heavy atom. The van der Waals surface area contributed by atoms with Crippen LogP contribution in [0, 0.1) is 5.82 Å². The van der Waals surface area contributed by atoms with Gasteiger partial charge in [-0.3, -0.25) is 5.43 Å². The van der Waals surface area contributed by atoms with Gasteiger partial charge >= 0.3 is 0 Å². The lowest BCUT2D eigenvalue weighted by atomic mass is 10.2. The molecule has 0 aliphatic carbocycles. The highest BCUT2D eigenvalue weighted by molar-refractivity contribution is 7.80. The molecule has 1 aromatic heterocycles. The minimum Gasteiger partial charge on any atom is -0.361 e. The molecule has 22 heavy (non-hydrogen) atoms. The predicted molar refractivity (Wildman–Crippen MR) is 91.6 cm³/mol. The zero-order valence-corrected chi connectivity index (χ0v) is 12.3. The molecule has 0 atom stereocenters. The van der Waals surface area contributed by atoms with Crippen LogP contribution >= 0.6 is 12.2 Å². The van der Waals surface area contributed by atoms with Gasteiger partial charge in [-0.25, -0.2) is 4.39 Å². The Hall–Kier alpha value is -2.73. The molecule has 6 heteroatoms. The predicted octanol–water partition coefficient (Wildman–Crippen LogP) is 3.63. The monoisotopic (exact) mass is 312 g/mol. The van der Waals surface area contributed by atoms with Crippen molar-refractivity contribution in [3.8, 4) is 0 Å². The van der Waals surface area contributed by atoms with Gasteiger partial charge in [-0.05, 0) is 42.5 Å². The summed E-state index contributed by atoms with van der Waals surface area (Å²) in [5, 5.41) is 8.45. The summed E-state index contributed by atoms with van der Waals surface area (Å²) in [4.78, 5) is 3.17. The zero-order chi connectivity index (χ0) is 15.4. The molecule has 1 heterocycles. The average Bonchev–Trinajstić information content (AvgIpc) is 2.93. The highest BCUT2D eigenvalue weighted by Gasteiger charge is 2.00. The Bertz CT molecular complexity index is 824. The Kier molecular flexibility index (Phi) is 4.11. The molecule has 4 nitrogen and oxygen atoms in total. The Morgan fingerprint density at radius 2 is 1.91 bits per heavy atom. The van der Waals surface area contributed by atoms with Crippen molar-refractivity contribution in [3.05, 3.63) is 66.1 Å². The van der Waals surface area contributed by atoms with E-state index in [0.29, 0.717) is 10.8 Å². The van der Waals surface area contributed by atoms with E-state index in [1.165, 1.54) is 12.1 Å². The fraction of sp³-hybridized carbons (Fsp3) is 0. The first-order valence-electron chi connectivity index (χ1n) is 6.64. The maximum Gasteiger partial charge on any atom is 0.191 e. The third kappa shape index (κ3) is 3.29. The smallest absolute Gasteiger partial charge is 0.191 e. The van der Waals surface area contributed by atoms with Gasteiger partial charge in [-0.2, -0.15) is 5.10 Å². The molecule has 0 fully saturated rings. The van der Waals surface area contributed by atoms with E-state index >= 15 is 0 Å². The van der Waals surface area contributed by atoms with Gasteiger partial charge in [-0.1, -0.05) is 18.2 Å². The van der Waals surface area contributed by atoms with E-state index in [4.69, 9.17) is 12.2 Å². The number of rotatable bonds is 3. The molecule has 0 saturated carbocycles. The first-order valence-corrected chi connectivity index (χ1v) is 7.05. The van der Waals surface area contributed by atoms with Crippen LogP contribution in [0.5, 0.6) is 0 Å². The van der Waals surface area contributed by atoms with Crippen LogP contribution in [0.4, 0.5) is 10.1 Å². The molecular weight excluding hydrogens is 299 g/mol. The average molecular weight is 312 g/mol. The molecule has 110 valence electrons. The molecule has 3 aromatic rings. The normalized spacial score (nSPS) is 11.0. The molecule has 0 bridgehead atoms. The molecule has 0 aliphatic heterocycles. The number of nitrogens with zero attached hydrogens (tertiary/aromatic N) is 1. The van der Waals surface area contributed by atoms with E-state index in [1.807, 2.05) is 30.5 Å². The molecule has 0 aliphatic rings. The van der Waals surface area contributed by atoms with Crippen LogP contribution in [0.1, 0.15) is 5.56 Å². The number of thiocarbonyl (C=S) groups is 1. The number of hydrazone groups is 1. The van der Waals surface area contributed by atoms with Crippen molar-refractivity contribution in [2.45, 2.75) is 0 Å². The second-order valence-electron chi connectivity index (χ2n) is 4.62. The lowest BCUT2D eigenvalue weighted by Crippen LogP contribution is -2.23. The standard InChI is InChI=1S/C16H13FN4S/c17-12-5-7-13(8-6-12)20-16(22)21-19-10-11-9-18-15-4-2-1-3-14(11)15/h1-10,18H,(H2,20,21,22)/b19-10+. The fourth-order valence-electron chi connectivity index (χ4n) is 2.05. The van der Waals surface area contributed by atoms with Gasteiger partial charge in [0.25, 0.3) is 0 Å². The quantitative estimate of drug-likeness (QED) is 0.393. The number of aromatic nitrogens is 1. The zero-order valence-electron chi connectivity index (χ0n) is 11.5. The molecular formula is C16H13FN4S. The van der Waals surface area contributed by atoms with Gasteiger partial charge in [0.15, 0.2) is 5.11 Å². The number of halogens is 1. The van der Waals surface area contributed by atoms with Crippen LogP contribution in [0.15, 0.2) is 59.8 Å². The number of H-pyrrole nitrogens is 1. The van der Waals surface area contributed by atoms with E-state index in [9.17, 15) is 4.39 Å². The van der Waals surface area contributed by atoms with Crippen molar-refractivity contribution in [1.82, 2.24) is 10.4 Å². The van der Waals surface area contributed by atoms with Gasteiger partial charge in [0.1, 0.15) is 5.82 Å². The van der Waals surface area contributed by atoms with Gasteiger partial charge in [-0.15, -0.1) is 0 Å². The molecule has 0 saturated heterocycles. The number of benzene rings is 2. The summed E-state index contributed by atoms with van der Waals surface area (Å²) < 4.78 is 12.8. The fourth-order valence-corrected chi connectivity index (χ4v) is 2.22. The van der Waals surface area contributed by atoms with Gasteiger partial charge in [0.05, 0.1) is 6.21 Å². The number of hydrogen-bond acceptors (Lipinski definition) is 2. The maximum absolute atomic E-state index is 12.8. The second-order valence-corrected chi connectivity index (χ2v) is 5.03. The summed E-state index contributed by atoms with van der Waals surface area (Å²) in [7, 11) is 0. The van der Waals surface area contributed by atoms with Crippen molar-refractivity contribution in [2.75, 3.05) is 5.32 Å². The lowest BCUT2D eigenvalue weighted by Gasteiger charge is -2.06. The second kappa shape index (κ2) is 6.36. The molecule has 0 spiro atoms. The summed E-state index contributed by atoms with van der Waals surface area (Å²) >= 11 is 5.12. The van der Waals surface area contributed by atoms with Gasteiger partial charge < -0.3 is 10.3 Å². The van der Waals surface area contributed by atoms with Crippen LogP contribution in [0.3, 0.4) is 0 Å². The molecule has 0 unspecified atom stereocenters. The third-order valence-corrected chi connectivity index (χ3v) is 3.29. The first-order chi connectivity index (χ1) is 10.7. The van der Waals surface area contributed by atoms with Crippen molar-refractivity contribution >= 4 is 40.1 Å². The van der Waals surface area contributed by atoms with Gasteiger partial charge in [0.2, 0.25) is 0 Å². The number of anilines is 1.